The highest BCUT2D eigenvalue weighted by Gasteiger charge is 2.59. The van der Waals surface area contributed by atoms with Gasteiger partial charge in [0, 0.05) is 0 Å². The molecule has 22 heavy (non-hydrogen) atoms. The van der Waals surface area contributed by atoms with Gasteiger partial charge < -0.3 is 5.11 Å². The van der Waals surface area contributed by atoms with Gasteiger partial charge in [-0.3, -0.25) is 4.79 Å². The molecule has 0 aromatic rings. The fourth-order valence-corrected chi connectivity index (χ4v) is 6.73. The Labute approximate surface area is 136 Å². The van der Waals surface area contributed by atoms with Gasteiger partial charge >= 0.3 is 5.97 Å². The minimum atomic E-state index is -0.544. The van der Waals surface area contributed by atoms with Crippen LogP contribution in [0.5, 0.6) is 0 Å². The van der Waals surface area contributed by atoms with E-state index in [1.165, 1.54) is 32.1 Å². The lowest BCUT2D eigenvalue weighted by molar-refractivity contribution is -0.173. The van der Waals surface area contributed by atoms with Crippen LogP contribution in [0.25, 0.3) is 0 Å². The van der Waals surface area contributed by atoms with E-state index in [0.717, 1.165) is 42.9 Å². The maximum atomic E-state index is 12.0. The molecule has 0 aromatic carbocycles. The maximum Gasteiger partial charge on any atom is 0.309 e. The van der Waals surface area contributed by atoms with Crippen LogP contribution in [0.4, 0.5) is 0 Å². The van der Waals surface area contributed by atoms with Crippen LogP contribution in [0.15, 0.2) is 0 Å². The van der Waals surface area contributed by atoms with Crippen molar-refractivity contribution >= 4 is 5.97 Å². The van der Waals surface area contributed by atoms with E-state index in [0.29, 0.717) is 5.92 Å². The van der Waals surface area contributed by atoms with E-state index in [4.69, 9.17) is 0 Å². The summed E-state index contributed by atoms with van der Waals surface area (Å²) in [6.45, 7) is 9.24. The zero-order chi connectivity index (χ0) is 16.1. The third kappa shape index (κ3) is 2.32. The quantitative estimate of drug-likeness (QED) is 0.745. The first-order valence-corrected chi connectivity index (χ1v) is 9.52. The van der Waals surface area contributed by atoms with Gasteiger partial charge in [0.15, 0.2) is 0 Å². The standard InChI is InChI=1S/C20H34O2/c1-13(2)14-6-8-16-15(12-14)7-9-17-19(16,3)10-5-11-20(17,4)18(21)22/h13-17H,5-12H2,1-4H3,(H,21,22)/t14-,15-,16-,17+,19+,20+/m1/s1. The SMILES string of the molecule is CC(C)[C@@H]1CC[C@@H]2[C@H](CC[C@H]3[C@@]2(C)CCC[C@]3(C)C(=O)O)C1. The van der Waals surface area contributed by atoms with Gasteiger partial charge in [-0.05, 0) is 86.9 Å². The van der Waals surface area contributed by atoms with Gasteiger partial charge in [0.1, 0.15) is 0 Å². The lowest BCUT2D eigenvalue weighted by Crippen LogP contribution is -2.56. The van der Waals surface area contributed by atoms with E-state index >= 15 is 0 Å². The van der Waals surface area contributed by atoms with Crippen molar-refractivity contribution in [3.05, 3.63) is 0 Å². The highest BCUT2D eigenvalue weighted by Crippen LogP contribution is 2.64. The molecule has 2 heteroatoms. The number of carbonyl (C=O) groups is 1. The lowest BCUT2D eigenvalue weighted by Gasteiger charge is -2.60. The molecule has 0 amide bonds. The van der Waals surface area contributed by atoms with Crippen molar-refractivity contribution in [1.82, 2.24) is 0 Å². The number of carboxylic acids is 1. The molecular weight excluding hydrogens is 272 g/mol. The van der Waals surface area contributed by atoms with E-state index in [1.807, 2.05) is 6.92 Å². The summed E-state index contributed by atoms with van der Waals surface area (Å²) in [6, 6.07) is 0. The first-order valence-electron chi connectivity index (χ1n) is 9.52. The summed E-state index contributed by atoms with van der Waals surface area (Å²) < 4.78 is 0. The van der Waals surface area contributed by atoms with Gasteiger partial charge in [-0.25, -0.2) is 0 Å². The highest BCUT2D eigenvalue weighted by molar-refractivity contribution is 5.75. The summed E-state index contributed by atoms with van der Waals surface area (Å²) in [6.07, 6.45) is 9.77. The Bertz CT molecular complexity index is 443. The van der Waals surface area contributed by atoms with Gasteiger partial charge in [-0.15, -0.1) is 0 Å². The maximum absolute atomic E-state index is 12.0. The molecule has 3 saturated carbocycles. The Morgan fingerprint density at radius 2 is 1.82 bits per heavy atom. The number of hydrogen-bond acceptors (Lipinski definition) is 1. The van der Waals surface area contributed by atoms with Crippen molar-refractivity contribution in [2.45, 2.75) is 79.1 Å². The van der Waals surface area contributed by atoms with E-state index in [9.17, 15) is 9.90 Å². The predicted molar refractivity (Wildman–Crippen MR) is 89.6 cm³/mol. The minimum Gasteiger partial charge on any atom is -0.481 e. The normalized spacial score (nSPS) is 48.6. The molecule has 0 heterocycles. The summed E-state index contributed by atoms with van der Waals surface area (Å²) >= 11 is 0. The fourth-order valence-electron chi connectivity index (χ4n) is 6.73. The van der Waals surface area contributed by atoms with Crippen LogP contribution in [-0.2, 0) is 4.79 Å². The third-order valence-electron chi connectivity index (χ3n) is 8.10. The first-order chi connectivity index (χ1) is 10.3. The van der Waals surface area contributed by atoms with Crippen LogP contribution in [0.3, 0.4) is 0 Å². The number of aliphatic carboxylic acids is 1. The second-order valence-corrected chi connectivity index (χ2v) is 9.40. The van der Waals surface area contributed by atoms with Crippen LogP contribution in [0.1, 0.15) is 79.1 Å². The van der Waals surface area contributed by atoms with E-state index in [1.54, 1.807) is 0 Å². The number of fused-ring (bicyclic) bond motifs is 3. The van der Waals surface area contributed by atoms with Gasteiger partial charge in [0.2, 0.25) is 0 Å². The molecule has 0 unspecified atom stereocenters. The Hall–Kier alpha value is -0.530. The summed E-state index contributed by atoms with van der Waals surface area (Å²) in [5.41, 5.74) is -0.205. The van der Waals surface area contributed by atoms with Crippen LogP contribution >= 0.6 is 0 Å². The Kier molecular flexibility index (Phi) is 4.10. The van der Waals surface area contributed by atoms with Crippen molar-refractivity contribution in [1.29, 1.82) is 0 Å². The molecule has 3 fully saturated rings. The first kappa shape index (κ1) is 16.3. The largest absolute Gasteiger partial charge is 0.481 e. The van der Waals surface area contributed by atoms with Crippen LogP contribution in [-0.4, -0.2) is 11.1 Å². The molecule has 3 aliphatic rings. The van der Waals surface area contributed by atoms with Crippen LogP contribution in [0, 0.1) is 40.4 Å². The van der Waals surface area contributed by atoms with Crippen LogP contribution in [0.2, 0.25) is 0 Å². The molecule has 0 radical (unpaired) electrons. The molecule has 0 bridgehead atoms. The summed E-state index contributed by atoms with van der Waals surface area (Å²) in [4.78, 5) is 12.0. The Morgan fingerprint density at radius 3 is 2.45 bits per heavy atom. The lowest BCUT2D eigenvalue weighted by atomic mass is 9.43. The molecule has 126 valence electrons. The average molecular weight is 306 g/mol. The zero-order valence-electron chi connectivity index (χ0n) is 14.9. The third-order valence-corrected chi connectivity index (χ3v) is 8.10. The highest BCUT2D eigenvalue weighted by atomic mass is 16.4. The number of carboxylic acid groups (broad SMARTS) is 1. The van der Waals surface area contributed by atoms with Crippen molar-refractivity contribution in [3.63, 3.8) is 0 Å². The summed E-state index contributed by atoms with van der Waals surface area (Å²) in [7, 11) is 0. The summed E-state index contributed by atoms with van der Waals surface area (Å²) in [5.74, 6) is 3.19. The van der Waals surface area contributed by atoms with Crippen molar-refractivity contribution in [2.24, 2.45) is 40.4 Å². The predicted octanol–water partition coefficient (Wildman–Crippen LogP) is 5.37. The number of hydrogen-bond donors (Lipinski definition) is 1. The molecule has 1 N–H and O–H groups in total. The minimum absolute atomic E-state index is 0.274. The smallest absolute Gasteiger partial charge is 0.309 e. The van der Waals surface area contributed by atoms with Gasteiger partial charge in [0.25, 0.3) is 0 Å². The molecular formula is C20H34O2. The van der Waals surface area contributed by atoms with Crippen LogP contribution < -0.4 is 0 Å². The van der Waals surface area contributed by atoms with Crippen molar-refractivity contribution < 1.29 is 9.90 Å². The molecule has 3 aliphatic carbocycles. The second-order valence-electron chi connectivity index (χ2n) is 9.40. The zero-order valence-corrected chi connectivity index (χ0v) is 14.9. The molecule has 0 saturated heterocycles. The molecule has 2 nitrogen and oxygen atoms in total. The van der Waals surface area contributed by atoms with E-state index in [-0.39, 0.29) is 5.41 Å². The molecule has 6 atom stereocenters. The molecule has 0 spiro atoms. The van der Waals surface area contributed by atoms with E-state index in [2.05, 4.69) is 20.8 Å². The average Bonchev–Trinajstić information content (AvgIpc) is 2.46. The van der Waals surface area contributed by atoms with Gasteiger partial charge in [0.05, 0.1) is 5.41 Å². The second kappa shape index (κ2) is 5.53. The summed E-state index contributed by atoms with van der Waals surface area (Å²) in [5, 5.41) is 9.86. The van der Waals surface area contributed by atoms with Crippen molar-refractivity contribution in [3.8, 4) is 0 Å². The van der Waals surface area contributed by atoms with E-state index < -0.39 is 11.4 Å². The molecule has 3 rings (SSSR count). The topological polar surface area (TPSA) is 37.3 Å². The fraction of sp³-hybridized carbons (Fsp3) is 0.950. The Morgan fingerprint density at radius 1 is 1.09 bits per heavy atom. The number of rotatable bonds is 2. The van der Waals surface area contributed by atoms with Gasteiger partial charge in [-0.2, -0.15) is 0 Å². The monoisotopic (exact) mass is 306 g/mol. The molecule has 0 aliphatic heterocycles. The van der Waals surface area contributed by atoms with Gasteiger partial charge in [-0.1, -0.05) is 27.2 Å². The Balaban J connectivity index is 1.86. The van der Waals surface area contributed by atoms with Crippen molar-refractivity contribution in [2.75, 3.05) is 0 Å². The molecule has 0 aromatic heterocycles.